The average molecular weight is 414 g/mol. The van der Waals surface area contributed by atoms with Crippen molar-refractivity contribution in [1.82, 2.24) is 4.90 Å². The first-order chi connectivity index (χ1) is 13.8. The maximum atomic E-state index is 12.7. The van der Waals surface area contributed by atoms with Crippen LogP contribution in [0.3, 0.4) is 0 Å². The number of unbranched alkanes of at least 4 members (excludes halogenated alkanes) is 4. The largest absolute Gasteiger partial charge is 0.469 e. The molecule has 1 heterocycles. The molecule has 1 aromatic rings. The minimum absolute atomic E-state index is 0.131. The summed E-state index contributed by atoms with van der Waals surface area (Å²) in [4.78, 5) is 27.2. The van der Waals surface area contributed by atoms with Gasteiger partial charge in [-0.3, -0.25) is 9.59 Å². The first-order valence-electron chi connectivity index (χ1n) is 10.1. The lowest BCUT2D eigenvalue weighted by Crippen LogP contribution is -2.48. The molecule has 1 saturated heterocycles. The van der Waals surface area contributed by atoms with E-state index in [9.17, 15) is 22.8 Å². The van der Waals surface area contributed by atoms with Crippen molar-refractivity contribution in [1.29, 1.82) is 0 Å². The van der Waals surface area contributed by atoms with Gasteiger partial charge in [-0.2, -0.15) is 13.2 Å². The molecular formula is C21H29F3N2O3. The van der Waals surface area contributed by atoms with Gasteiger partial charge in [0.05, 0.1) is 12.7 Å². The molecule has 0 saturated carbocycles. The fraction of sp³-hybridized carbons (Fsp3) is 0.619. The maximum Gasteiger partial charge on any atom is 0.416 e. The zero-order valence-electron chi connectivity index (χ0n) is 16.8. The molecule has 5 nitrogen and oxygen atoms in total. The van der Waals surface area contributed by atoms with Gasteiger partial charge in [-0.05, 0) is 37.1 Å². The number of benzene rings is 1. The van der Waals surface area contributed by atoms with Gasteiger partial charge in [0.25, 0.3) is 0 Å². The summed E-state index contributed by atoms with van der Waals surface area (Å²) < 4.78 is 42.6. The Labute approximate surface area is 169 Å². The van der Waals surface area contributed by atoms with Crippen molar-refractivity contribution in [3.63, 3.8) is 0 Å². The van der Waals surface area contributed by atoms with Crippen LogP contribution in [0.4, 0.5) is 18.9 Å². The summed E-state index contributed by atoms with van der Waals surface area (Å²) in [5, 5.41) is 0. The second-order valence-corrected chi connectivity index (χ2v) is 7.26. The van der Waals surface area contributed by atoms with E-state index in [0.717, 1.165) is 49.9 Å². The minimum atomic E-state index is -4.33. The van der Waals surface area contributed by atoms with Gasteiger partial charge in [-0.1, -0.05) is 19.3 Å². The second kappa shape index (κ2) is 11.1. The third-order valence-corrected chi connectivity index (χ3v) is 5.19. The van der Waals surface area contributed by atoms with Crippen LogP contribution in [0.5, 0.6) is 0 Å². The summed E-state index contributed by atoms with van der Waals surface area (Å²) in [6.45, 7) is 2.40. The van der Waals surface area contributed by atoms with Crippen molar-refractivity contribution in [2.24, 2.45) is 0 Å². The SMILES string of the molecule is COC(=O)CCCCCCCC(=O)N1CCN(c2ccc(C(F)(F)F)cc2)CC1. The van der Waals surface area contributed by atoms with Gasteiger partial charge >= 0.3 is 12.1 Å². The topological polar surface area (TPSA) is 49.9 Å². The van der Waals surface area contributed by atoms with Gasteiger partial charge in [0.1, 0.15) is 0 Å². The zero-order chi connectivity index (χ0) is 21.3. The molecule has 1 aromatic carbocycles. The van der Waals surface area contributed by atoms with Crippen LogP contribution in [0.15, 0.2) is 24.3 Å². The fourth-order valence-electron chi connectivity index (χ4n) is 3.41. The molecule has 0 aliphatic carbocycles. The number of alkyl halides is 3. The van der Waals surface area contributed by atoms with E-state index in [4.69, 9.17) is 0 Å². The Morgan fingerprint density at radius 3 is 2.00 bits per heavy atom. The van der Waals surface area contributed by atoms with Gasteiger partial charge in [0, 0.05) is 44.7 Å². The number of nitrogens with zero attached hydrogens (tertiary/aromatic N) is 2. The van der Waals surface area contributed by atoms with Crippen LogP contribution < -0.4 is 4.90 Å². The average Bonchev–Trinajstić information content (AvgIpc) is 2.72. The highest BCUT2D eigenvalue weighted by Crippen LogP contribution is 2.30. The number of hydrogen-bond donors (Lipinski definition) is 0. The number of amides is 1. The molecule has 1 fully saturated rings. The molecule has 0 aromatic heterocycles. The molecule has 0 unspecified atom stereocenters. The lowest BCUT2D eigenvalue weighted by Gasteiger charge is -2.36. The van der Waals surface area contributed by atoms with Crippen LogP contribution in [0.25, 0.3) is 0 Å². The van der Waals surface area contributed by atoms with Crippen LogP contribution in [0.1, 0.15) is 50.5 Å². The highest BCUT2D eigenvalue weighted by Gasteiger charge is 2.30. The highest BCUT2D eigenvalue weighted by molar-refractivity contribution is 5.76. The van der Waals surface area contributed by atoms with Crippen LogP contribution in [0, 0.1) is 0 Å². The highest BCUT2D eigenvalue weighted by atomic mass is 19.4. The molecule has 8 heteroatoms. The van der Waals surface area contributed by atoms with Gasteiger partial charge < -0.3 is 14.5 Å². The number of esters is 1. The van der Waals surface area contributed by atoms with Crippen LogP contribution in [-0.4, -0.2) is 50.1 Å². The fourth-order valence-corrected chi connectivity index (χ4v) is 3.41. The number of ether oxygens (including phenoxy) is 1. The standard InChI is InChI=1S/C21H29F3N2O3/c1-29-20(28)8-6-4-2-3-5-7-19(27)26-15-13-25(14-16-26)18-11-9-17(10-12-18)21(22,23)24/h9-12H,2-8,13-16H2,1H3. The monoisotopic (exact) mass is 414 g/mol. The first-order valence-corrected chi connectivity index (χ1v) is 10.1. The third kappa shape index (κ3) is 7.59. The molecule has 0 radical (unpaired) electrons. The number of piperazine rings is 1. The van der Waals surface area contributed by atoms with Gasteiger partial charge in [-0.25, -0.2) is 0 Å². The molecule has 162 valence electrons. The summed E-state index contributed by atoms with van der Waals surface area (Å²) in [5.74, 6) is -0.0535. The van der Waals surface area contributed by atoms with E-state index in [1.807, 2.05) is 9.80 Å². The van der Waals surface area contributed by atoms with E-state index in [-0.39, 0.29) is 11.9 Å². The number of rotatable bonds is 9. The van der Waals surface area contributed by atoms with Crippen LogP contribution in [0.2, 0.25) is 0 Å². The lowest BCUT2D eigenvalue weighted by atomic mass is 10.1. The maximum absolute atomic E-state index is 12.7. The summed E-state index contributed by atoms with van der Waals surface area (Å²) in [7, 11) is 1.39. The molecule has 1 amide bonds. The lowest BCUT2D eigenvalue weighted by molar-refractivity contribution is -0.141. The van der Waals surface area contributed by atoms with Crippen molar-refractivity contribution in [2.75, 3.05) is 38.2 Å². The summed E-state index contributed by atoms with van der Waals surface area (Å²) >= 11 is 0. The number of carbonyl (C=O) groups excluding carboxylic acids is 2. The van der Waals surface area contributed by atoms with E-state index in [0.29, 0.717) is 39.0 Å². The molecule has 2 rings (SSSR count). The number of anilines is 1. The molecule has 1 aliphatic heterocycles. The molecule has 29 heavy (non-hydrogen) atoms. The van der Waals surface area contributed by atoms with Crippen LogP contribution >= 0.6 is 0 Å². The Bertz CT molecular complexity index is 654. The molecular weight excluding hydrogens is 385 g/mol. The zero-order valence-corrected chi connectivity index (χ0v) is 16.8. The van der Waals surface area contributed by atoms with Gasteiger partial charge in [0.15, 0.2) is 0 Å². The molecule has 1 aliphatic rings. The van der Waals surface area contributed by atoms with E-state index < -0.39 is 11.7 Å². The van der Waals surface area contributed by atoms with E-state index >= 15 is 0 Å². The summed E-state index contributed by atoms with van der Waals surface area (Å²) in [6, 6.07) is 5.16. The first kappa shape index (κ1) is 23.0. The predicted molar refractivity (Wildman–Crippen MR) is 105 cm³/mol. The van der Waals surface area contributed by atoms with Crippen molar-refractivity contribution >= 4 is 17.6 Å². The quantitative estimate of drug-likeness (QED) is 0.448. The third-order valence-electron chi connectivity index (χ3n) is 5.19. The molecule has 0 spiro atoms. The normalized spacial score (nSPS) is 14.8. The van der Waals surface area contributed by atoms with Gasteiger partial charge in [-0.15, -0.1) is 0 Å². The Morgan fingerprint density at radius 2 is 1.45 bits per heavy atom. The number of hydrogen-bond acceptors (Lipinski definition) is 4. The van der Waals surface area contributed by atoms with Gasteiger partial charge in [0.2, 0.25) is 5.91 Å². The number of halogens is 3. The van der Waals surface area contributed by atoms with Crippen molar-refractivity contribution in [3.8, 4) is 0 Å². The number of methoxy groups -OCH3 is 1. The Kier molecular flexibility index (Phi) is 8.79. The van der Waals surface area contributed by atoms with Crippen LogP contribution in [-0.2, 0) is 20.5 Å². The molecule has 0 atom stereocenters. The Morgan fingerprint density at radius 1 is 0.897 bits per heavy atom. The molecule has 0 bridgehead atoms. The van der Waals surface area contributed by atoms with E-state index in [2.05, 4.69) is 4.74 Å². The Balaban J connectivity index is 1.63. The minimum Gasteiger partial charge on any atom is -0.469 e. The summed E-state index contributed by atoms with van der Waals surface area (Å²) in [6.07, 6.45) is 1.17. The Hall–Kier alpha value is -2.25. The van der Waals surface area contributed by atoms with Crippen molar-refractivity contribution in [3.05, 3.63) is 29.8 Å². The number of carbonyl (C=O) groups is 2. The van der Waals surface area contributed by atoms with Crippen molar-refractivity contribution in [2.45, 2.75) is 51.1 Å². The summed E-state index contributed by atoms with van der Waals surface area (Å²) in [5.41, 5.74) is 0.0948. The predicted octanol–water partition coefficient (Wildman–Crippen LogP) is 4.26. The van der Waals surface area contributed by atoms with E-state index in [1.54, 1.807) is 0 Å². The van der Waals surface area contributed by atoms with E-state index in [1.165, 1.54) is 19.2 Å². The molecule has 0 N–H and O–H groups in total. The van der Waals surface area contributed by atoms with Crippen molar-refractivity contribution < 1.29 is 27.5 Å². The smallest absolute Gasteiger partial charge is 0.416 e. The second-order valence-electron chi connectivity index (χ2n) is 7.26.